The maximum atomic E-state index is 6.08. The second kappa shape index (κ2) is 9.48. The van der Waals surface area contributed by atoms with Crippen LogP contribution < -0.4 is 0 Å². The van der Waals surface area contributed by atoms with Gasteiger partial charge in [-0.3, -0.25) is 0 Å². The fourth-order valence-corrected chi connectivity index (χ4v) is 4.08. The molecule has 0 saturated carbocycles. The molecule has 3 rings (SSSR count). The van der Waals surface area contributed by atoms with Gasteiger partial charge in [0.1, 0.15) is 5.82 Å². The summed E-state index contributed by atoms with van der Waals surface area (Å²) in [5, 5.41) is 0.762. The van der Waals surface area contributed by atoms with E-state index in [4.69, 9.17) is 16.6 Å². The maximum Gasteiger partial charge on any atom is 0.141 e. The van der Waals surface area contributed by atoms with Gasteiger partial charge in [0.25, 0.3) is 0 Å². The van der Waals surface area contributed by atoms with E-state index in [0.29, 0.717) is 0 Å². The summed E-state index contributed by atoms with van der Waals surface area (Å²) in [6.45, 7) is 5.49. The van der Waals surface area contributed by atoms with Crippen LogP contribution in [0.5, 0.6) is 0 Å². The number of fused-ring (bicyclic) bond motifs is 1. The standard InChI is InChI=1S/C22H27ClN2S/c1-3-5-6-7-14-25-21-16-19(26-15-4-2)12-13-20(21)24-22(25)17-8-10-18(23)11-9-17/h8-13,16H,3-7,14-15H2,1-2H3. The Labute approximate surface area is 166 Å². The summed E-state index contributed by atoms with van der Waals surface area (Å²) in [5.41, 5.74) is 3.45. The Hall–Kier alpha value is -1.45. The van der Waals surface area contributed by atoms with Gasteiger partial charge in [-0.25, -0.2) is 4.98 Å². The molecule has 2 nitrogen and oxygen atoms in total. The lowest BCUT2D eigenvalue weighted by Crippen LogP contribution is -2.01. The van der Waals surface area contributed by atoms with Crippen molar-refractivity contribution in [3.63, 3.8) is 0 Å². The van der Waals surface area contributed by atoms with Crippen LogP contribution in [0.15, 0.2) is 47.4 Å². The second-order valence-corrected chi connectivity index (χ2v) is 8.26. The lowest BCUT2D eigenvalue weighted by molar-refractivity contribution is 0.594. The van der Waals surface area contributed by atoms with Gasteiger partial charge in [0, 0.05) is 22.0 Å². The summed E-state index contributed by atoms with van der Waals surface area (Å²) >= 11 is 8.00. The number of thioether (sulfide) groups is 1. The molecule has 0 spiro atoms. The highest BCUT2D eigenvalue weighted by molar-refractivity contribution is 7.99. The predicted octanol–water partition coefficient (Wildman–Crippen LogP) is 7.44. The first-order valence-electron chi connectivity index (χ1n) is 9.62. The number of nitrogens with zero attached hydrogens (tertiary/aromatic N) is 2. The van der Waals surface area contributed by atoms with Gasteiger partial charge in [-0.15, -0.1) is 11.8 Å². The predicted molar refractivity (Wildman–Crippen MR) is 115 cm³/mol. The molecule has 0 saturated heterocycles. The summed E-state index contributed by atoms with van der Waals surface area (Å²) in [5.74, 6) is 2.20. The van der Waals surface area contributed by atoms with Crippen molar-refractivity contribution < 1.29 is 0 Å². The molecule has 4 heteroatoms. The molecule has 0 aliphatic rings. The van der Waals surface area contributed by atoms with E-state index in [2.05, 4.69) is 48.7 Å². The minimum atomic E-state index is 0.762. The van der Waals surface area contributed by atoms with Crippen molar-refractivity contribution in [1.29, 1.82) is 0 Å². The molecule has 138 valence electrons. The highest BCUT2D eigenvalue weighted by Crippen LogP contribution is 2.30. The molecule has 3 aromatic rings. The maximum absolute atomic E-state index is 6.08. The Balaban J connectivity index is 1.99. The van der Waals surface area contributed by atoms with E-state index in [9.17, 15) is 0 Å². The van der Waals surface area contributed by atoms with Gasteiger partial charge in [0.15, 0.2) is 0 Å². The van der Waals surface area contributed by atoms with Crippen LogP contribution in [0, 0.1) is 0 Å². The van der Waals surface area contributed by atoms with Crippen LogP contribution in [-0.2, 0) is 6.54 Å². The normalized spacial score (nSPS) is 11.3. The molecule has 0 amide bonds. The number of unbranched alkanes of at least 4 members (excludes halogenated alkanes) is 3. The van der Waals surface area contributed by atoms with Gasteiger partial charge in [-0.1, -0.05) is 44.7 Å². The largest absolute Gasteiger partial charge is 0.324 e. The third kappa shape index (κ3) is 4.63. The van der Waals surface area contributed by atoms with E-state index >= 15 is 0 Å². The van der Waals surface area contributed by atoms with E-state index in [1.807, 2.05) is 23.9 Å². The molecule has 1 aromatic heterocycles. The Morgan fingerprint density at radius 3 is 2.50 bits per heavy atom. The molecule has 26 heavy (non-hydrogen) atoms. The van der Waals surface area contributed by atoms with Crippen molar-refractivity contribution in [2.75, 3.05) is 5.75 Å². The smallest absolute Gasteiger partial charge is 0.141 e. The zero-order valence-electron chi connectivity index (χ0n) is 15.7. The topological polar surface area (TPSA) is 17.8 Å². The summed E-state index contributed by atoms with van der Waals surface area (Å²) < 4.78 is 2.39. The average Bonchev–Trinajstić information content (AvgIpc) is 3.02. The molecule has 0 N–H and O–H groups in total. The lowest BCUT2D eigenvalue weighted by atomic mass is 10.2. The number of imidazole rings is 1. The van der Waals surface area contributed by atoms with Gasteiger partial charge in [-0.2, -0.15) is 0 Å². The van der Waals surface area contributed by atoms with Crippen LogP contribution in [0.2, 0.25) is 5.02 Å². The van der Waals surface area contributed by atoms with Crippen LogP contribution in [-0.4, -0.2) is 15.3 Å². The van der Waals surface area contributed by atoms with Crippen molar-refractivity contribution >= 4 is 34.4 Å². The van der Waals surface area contributed by atoms with Gasteiger partial charge >= 0.3 is 0 Å². The quantitative estimate of drug-likeness (QED) is 0.281. The summed E-state index contributed by atoms with van der Waals surface area (Å²) in [4.78, 5) is 6.27. The van der Waals surface area contributed by atoms with E-state index in [-0.39, 0.29) is 0 Å². The lowest BCUT2D eigenvalue weighted by Gasteiger charge is -2.10. The Morgan fingerprint density at radius 2 is 1.77 bits per heavy atom. The fraction of sp³-hybridized carbons (Fsp3) is 0.409. The molecule has 0 aliphatic carbocycles. The summed E-state index contributed by atoms with van der Waals surface area (Å²) in [6, 6.07) is 14.7. The first-order chi connectivity index (χ1) is 12.7. The van der Waals surface area contributed by atoms with Gasteiger partial charge in [0.05, 0.1) is 11.0 Å². The van der Waals surface area contributed by atoms with Crippen LogP contribution in [0.3, 0.4) is 0 Å². The average molecular weight is 387 g/mol. The van der Waals surface area contributed by atoms with Gasteiger partial charge in [0.2, 0.25) is 0 Å². The summed E-state index contributed by atoms with van der Waals surface area (Å²) in [6.07, 6.45) is 6.19. The zero-order chi connectivity index (χ0) is 18.4. The number of halogens is 1. The minimum Gasteiger partial charge on any atom is -0.324 e. The van der Waals surface area contributed by atoms with Crippen molar-refractivity contribution in [1.82, 2.24) is 9.55 Å². The first-order valence-corrected chi connectivity index (χ1v) is 11.0. The van der Waals surface area contributed by atoms with E-state index in [1.54, 1.807) is 0 Å². The molecule has 2 aromatic carbocycles. The number of hydrogen-bond acceptors (Lipinski definition) is 2. The number of aryl methyl sites for hydroxylation is 1. The van der Waals surface area contributed by atoms with Gasteiger partial charge < -0.3 is 4.57 Å². The Bertz CT molecular complexity index is 839. The van der Waals surface area contributed by atoms with Crippen LogP contribution in [0.25, 0.3) is 22.4 Å². The van der Waals surface area contributed by atoms with E-state index in [1.165, 1.54) is 42.5 Å². The molecule has 0 unspecified atom stereocenters. The van der Waals surface area contributed by atoms with Crippen molar-refractivity contribution in [2.24, 2.45) is 0 Å². The van der Waals surface area contributed by atoms with Crippen molar-refractivity contribution in [3.8, 4) is 11.4 Å². The van der Waals surface area contributed by atoms with Crippen molar-refractivity contribution in [3.05, 3.63) is 47.5 Å². The first kappa shape index (κ1) is 19.3. The number of benzene rings is 2. The zero-order valence-corrected chi connectivity index (χ0v) is 17.2. The molecule has 0 bridgehead atoms. The molecule has 0 atom stereocenters. The SMILES string of the molecule is CCCCCCn1c(-c2ccc(Cl)cc2)nc2ccc(SCCC)cc21. The molecular formula is C22H27ClN2S. The second-order valence-electron chi connectivity index (χ2n) is 6.65. The summed E-state index contributed by atoms with van der Waals surface area (Å²) in [7, 11) is 0. The van der Waals surface area contributed by atoms with Crippen LogP contribution in [0.1, 0.15) is 46.0 Å². The highest BCUT2D eigenvalue weighted by Gasteiger charge is 2.13. The van der Waals surface area contributed by atoms with Gasteiger partial charge in [-0.05, 0) is 61.1 Å². The van der Waals surface area contributed by atoms with E-state index < -0.39 is 0 Å². The van der Waals surface area contributed by atoms with E-state index in [0.717, 1.165) is 34.2 Å². The number of hydrogen-bond donors (Lipinski definition) is 0. The monoisotopic (exact) mass is 386 g/mol. The molecule has 0 radical (unpaired) electrons. The molecule has 0 aliphatic heterocycles. The fourth-order valence-electron chi connectivity index (χ4n) is 3.15. The minimum absolute atomic E-state index is 0.762. The Kier molecular flexibility index (Phi) is 7.04. The molecular weight excluding hydrogens is 360 g/mol. The third-order valence-corrected chi connectivity index (χ3v) is 5.98. The molecule has 1 heterocycles. The van der Waals surface area contributed by atoms with Crippen LogP contribution >= 0.6 is 23.4 Å². The molecule has 0 fully saturated rings. The van der Waals surface area contributed by atoms with Crippen LogP contribution in [0.4, 0.5) is 0 Å². The highest BCUT2D eigenvalue weighted by atomic mass is 35.5. The number of rotatable bonds is 9. The van der Waals surface area contributed by atoms with Crippen molar-refractivity contribution in [2.45, 2.75) is 57.4 Å². The number of aromatic nitrogens is 2. The third-order valence-electron chi connectivity index (χ3n) is 4.53. The Morgan fingerprint density at radius 1 is 0.962 bits per heavy atom.